The van der Waals surface area contributed by atoms with Crippen LogP contribution in [0.25, 0.3) is 0 Å². The zero-order valence-corrected chi connectivity index (χ0v) is 25.4. The first-order chi connectivity index (χ1) is 19.2. The summed E-state index contributed by atoms with van der Waals surface area (Å²) < 4.78 is 67.4. The van der Waals surface area contributed by atoms with Crippen molar-refractivity contribution in [1.82, 2.24) is 0 Å². The Morgan fingerprint density at radius 1 is 1.02 bits per heavy atom. The van der Waals surface area contributed by atoms with E-state index < -0.39 is 39.4 Å². The van der Waals surface area contributed by atoms with Crippen molar-refractivity contribution in [3.63, 3.8) is 0 Å². The fourth-order valence-electron chi connectivity index (χ4n) is 9.76. The lowest BCUT2D eigenvalue weighted by Crippen LogP contribution is -2.48. The monoisotopic (exact) mass is 596 g/mol. The molecule has 230 valence electrons. The SMILES string of the molecule is CC[C@]1(O)CC[C@H]2C(=CC[C@@H]3[C@@H]2CC[C@]2(C)[C@@H]([C@H](C)CC(C[C@@H](O)C(F)(F)F)S(=O)(=O)c4ccccc4)CC[C@@H]32)C1. The van der Waals surface area contributed by atoms with Gasteiger partial charge in [-0.05, 0) is 124 Å². The Balaban J connectivity index is 1.35. The predicted octanol–water partition coefficient (Wildman–Crippen LogP) is 7.50. The summed E-state index contributed by atoms with van der Waals surface area (Å²) in [6, 6.07) is 7.69. The third-order valence-corrected chi connectivity index (χ3v) is 14.2. The second-order valence-electron chi connectivity index (χ2n) is 14.1. The number of allylic oxidation sites excluding steroid dienone is 1. The zero-order valence-electron chi connectivity index (χ0n) is 24.6. The summed E-state index contributed by atoms with van der Waals surface area (Å²) in [5.74, 6) is 2.40. The number of sulfone groups is 1. The fourth-order valence-corrected chi connectivity index (χ4v) is 11.7. The molecule has 0 spiro atoms. The van der Waals surface area contributed by atoms with Gasteiger partial charge in [-0.25, -0.2) is 8.42 Å². The van der Waals surface area contributed by atoms with Gasteiger partial charge in [-0.2, -0.15) is 13.2 Å². The molecular formula is C33H47F3O4S. The maximum Gasteiger partial charge on any atom is 0.414 e. The van der Waals surface area contributed by atoms with Crippen molar-refractivity contribution in [2.24, 2.45) is 40.9 Å². The van der Waals surface area contributed by atoms with Gasteiger partial charge in [0.05, 0.1) is 15.7 Å². The highest BCUT2D eigenvalue weighted by molar-refractivity contribution is 7.92. The quantitative estimate of drug-likeness (QED) is 0.305. The van der Waals surface area contributed by atoms with Crippen LogP contribution < -0.4 is 0 Å². The number of alkyl halides is 3. The van der Waals surface area contributed by atoms with Gasteiger partial charge in [0.1, 0.15) is 0 Å². The minimum absolute atomic E-state index is 0.00911. The molecule has 41 heavy (non-hydrogen) atoms. The Labute approximate surface area is 243 Å². The Morgan fingerprint density at radius 2 is 1.73 bits per heavy atom. The van der Waals surface area contributed by atoms with Crippen molar-refractivity contribution in [3.05, 3.63) is 42.0 Å². The maximum absolute atomic E-state index is 13.6. The van der Waals surface area contributed by atoms with Crippen LogP contribution in [0.3, 0.4) is 0 Å². The van der Waals surface area contributed by atoms with E-state index in [1.54, 1.807) is 18.2 Å². The average molecular weight is 597 g/mol. The number of halogens is 3. The molecule has 0 aromatic heterocycles. The summed E-state index contributed by atoms with van der Waals surface area (Å²) in [6.07, 6.45) is 2.84. The minimum Gasteiger partial charge on any atom is -0.390 e. The van der Waals surface area contributed by atoms with Gasteiger partial charge in [0.2, 0.25) is 0 Å². The van der Waals surface area contributed by atoms with Crippen LogP contribution in [0.15, 0.2) is 46.9 Å². The summed E-state index contributed by atoms with van der Waals surface area (Å²) in [6.45, 7) is 6.44. The molecular weight excluding hydrogens is 549 g/mol. The maximum atomic E-state index is 13.6. The number of aliphatic hydroxyl groups is 2. The summed E-state index contributed by atoms with van der Waals surface area (Å²) in [4.78, 5) is 0.00911. The molecule has 3 fully saturated rings. The molecule has 5 rings (SSSR count). The van der Waals surface area contributed by atoms with Crippen molar-refractivity contribution in [2.75, 3.05) is 0 Å². The van der Waals surface area contributed by atoms with Crippen LogP contribution in [0, 0.1) is 40.9 Å². The first kappa shape index (κ1) is 31.1. The second-order valence-corrected chi connectivity index (χ2v) is 16.3. The van der Waals surface area contributed by atoms with Crippen LogP contribution in [-0.4, -0.2) is 41.8 Å². The van der Waals surface area contributed by atoms with E-state index in [0.717, 1.165) is 57.8 Å². The van der Waals surface area contributed by atoms with Gasteiger partial charge in [0, 0.05) is 0 Å². The molecule has 4 aliphatic rings. The van der Waals surface area contributed by atoms with E-state index in [0.29, 0.717) is 23.7 Å². The number of aliphatic hydroxyl groups excluding tert-OH is 1. The highest BCUT2D eigenvalue weighted by atomic mass is 32.2. The van der Waals surface area contributed by atoms with Crippen molar-refractivity contribution in [1.29, 1.82) is 0 Å². The third-order valence-electron chi connectivity index (χ3n) is 12.0. The smallest absolute Gasteiger partial charge is 0.390 e. The fraction of sp³-hybridized carbons (Fsp3) is 0.758. The number of rotatable bonds is 8. The van der Waals surface area contributed by atoms with Crippen molar-refractivity contribution in [3.8, 4) is 0 Å². The Bertz CT molecular complexity index is 1210. The number of hydrogen-bond donors (Lipinski definition) is 2. The van der Waals surface area contributed by atoms with Gasteiger partial charge in [-0.3, -0.25) is 0 Å². The van der Waals surface area contributed by atoms with E-state index >= 15 is 0 Å². The molecule has 0 bridgehead atoms. The largest absolute Gasteiger partial charge is 0.414 e. The van der Waals surface area contributed by atoms with Crippen LogP contribution in [0.4, 0.5) is 13.2 Å². The third kappa shape index (κ3) is 5.78. The minimum atomic E-state index is -4.87. The summed E-state index contributed by atoms with van der Waals surface area (Å²) >= 11 is 0. The molecule has 1 aromatic carbocycles. The van der Waals surface area contributed by atoms with Crippen molar-refractivity contribution in [2.45, 2.75) is 119 Å². The Hall–Kier alpha value is -1.38. The van der Waals surface area contributed by atoms with Gasteiger partial charge in [-0.1, -0.05) is 50.6 Å². The zero-order chi connectivity index (χ0) is 29.8. The van der Waals surface area contributed by atoms with Crippen molar-refractivity contribution < 1.29 is 31.8 Å². The van der Waals surface area contributed by atoms with E-state index in [1.807, 2.05) is 6.92 Å². The Morgan fingerprint density at radius 3 is 2.39 bits per heavy atom. The molecule has 4 nitrogen and oxygen atoms in total. The molecule has 3 saturated carbocycles. The van der Waals surface area contributed by atoms with Crippen LogP contribution >= 0.6 is 0 Å². The van der Waals surface area contributed by atoms with Gasteiger partial charge in [0.25, 0.3) is 0 Å². The molecule has 8 heteroatoms. The molecule has 0 aliphatic heterocycles. The summed E-state index contributed by atoms with van der Waals surface area (Å²) in [5, 5.41) is 19.6. The summed E-state index contributed by atoms with van der Waals surface area (Å²) in [7, 11) is -4.06. The van der Waals surface area contributed by atoms with Crippen LogP contribution in [0.1, 0.15) is 91.4 Å². The van der Waals surface area contributed by atoms with E-state index in [4.69, 9.17) is 0 Å². The molecule has 0 radical (unpaired) electrons. The molecule has 1 aromatic rings. The average Bonchev–Trinajstić information content (AvgIpc) is 3.29. The number of fused-ring (bicyclic) bond motifs is 5. The highest BCUT2D eigenvalue weighted by Gasteiger charge is 2.57. The lowest BCUT2D eigenvalue weighted by Gasteiger charge is -2.55. The lowest BCUT2D eigenvalue weighted by atomic mass is 9.50. The van der Waals surface area contributed by atoms with Gasteiger partial charge < -0.3 is 10.2 Å². The van der Waals surface area contributed by atoms with Crippen LogP contribution in [0.2, 0.25) is 0 Å². The van der Waals surface area contributed by atoms with E-state index in [1.165, 1.54) is 17.7 Å². The molecule has 10 atom stereocenters. The highest BCUT2D eigenvalue weighted by Crippen LogP contribution is 2.65. The molecule has 2 N–H and O–H groups in total. The second kappa shape index (κ2) is 11.3. The lowest BCUT2D eigenvalue weighted by molar-refractivity contribution is -0.205. The first-order valence-electron chi connectivity index (χ1n) is 15.6. The standard InChI is InChI=1S/C33H47F3O4S/c1-4-32(38)17-15-25-22(20-32)10-11-27-26(25)14-16-31(3)28(12-13-29(27)31)21(2)18-24(19-30(37)33(34,35)36)41(39,40)23-8-6-5-7-9-23/h5-10,21,24-30,37-38H,4,11-20H2,1-3H3/t21-,24?,25+,26-,27-,28-,29+,30-,31-,32+/m1/s1. The normalized spacial score (nSPS) is 37.8. The van der Waals surface area contributed by atoms with Gasteiger partial charge in [-0.15, -0.1) is 0 Å². The first-order valence-corrected chi connectivity index (χ1v) is 17.2. The molecule has 1 unspecified atom stereocenters. The topological polar surface area (TPSA) is 74.6 Å². The number of benzene rings is 1. The molecule has 0 saturated heterocycles. The van der Waals surface area contributed by atoms with Crippen LogP contribution in [0.5, 0.6) is 0 Å². The van der Waals surface area contributed by atoms with Gasteiger partial charge in [0.15, 0.2) is 15.9 Å². The van der Waals surface area contributed by atoms with E-state index in [-0.39, 0.29) is 28.6 Å². The van der Waals surface area contributed by atoms with Crippen molar-refractivity contribution >= 4 is 9.84 Å². The summed E-state index contributed by atoms with van der Waals surface area (Å²) in [5.41, 5.74) is 0.905. The molecule has 0 amide bonds. The van der Waals surface area contributed by atoms with Gasteiger partial charge >= 0.3 is 6.18 Å². The molecule has 4 aliphatic carbocycles. The molecule has 0 heterocycles. The van der Waals surface area contributed by atoms with E-state index in [2.05, 4.69) is 19.9 Å². The van der Waals surface area contributed by atoms with Crippen LogP contribution in [-0.2, 0) is 9.84 Å². The Kier molecular flexibility index (Phi) is 8.54. The number of hydrogen-bond acceptors (Lipinski definition) is 4. The predicted molar refractivity (Wildman–Crippen MR) is 154 cm³/mol. The van der Waals surface area contributed by atoms with E-state index in [9.17, 15) is 31.8 Å².